The fraction of sp³-hybridized carbons (Fsp3) is 0.600. The van der Waals surface area contributed by atoms with E-state index in [-0.39, 0.29) is 16.2 Å². The van der Waals surface area contributed by atoms with Crippen LogP contribution in [-0.4, -0.2) is 19.8 Å². The van der Waals surface area contributed by atoms with Crippen LogP contribution in [0.2, 0.25) is 4.34 Å². The van der Waals surface area contributed by atoms with Gasteiger partial charge in [0.25, 0.3) is 0 Å². The van der Waals surface area contributed by atoms with Crippen LogP contribution in [0.5, 0.6) is 0 Å². The van der Waals surface area contributed by atoms with Crippen molar-refractivity contribution in [1.29, 1.82) is 0 Å². The fourth-order valence-corrected chi connectivity index (χ4v) is 5.40. The molecule has 0 saturated carbocycles. The number of sulfonamides is 1. The first-order valence-electron chi connectivity index (χ1n) is 5.12. The van der Waals surface area contributed by atoms with Gasteiger partial charge in [0.1, 0.15) is 4.21 Å². The van der Waals surface area contributed by atoms with Gasteiger partial charge < -0.3 is 0 Å². The Labute approximate surface area is 120 Å². The Kier molecular flexibility index (Phi) is 5.46. The number of alkyl halides is 1. The number of thiophene rings is 1. The van der Waals surface area contributed by atoms with Crippen molar-refractivity contribution in [2.24, 2.45) is 5.92 Å². The highest BCUT2D eigenvalue weighted by Gasteiger charge is 2.23. The third-order valence-electron chi connectivity index (χ3n) is 2.38. The van der Waals surface area contributed by atoms with Crippen molar-refractivity contribution in [2.45, 2.75) is 31.0 Å². The molecule has 17 heavy (non-hydrogen) atoms. The maximum absolute atomic E-state index is 12.1. The maximum atomic E-state index is 12.1. The third-order valence-corrected chi connectivity index (χ3v) is 6.59. The molecular formula is C10H15BrClNO2S2. The second kappa shape index (κ2) is 6.02. The Morgan fingerprint density at radius 3 is 2.47 bits per heavy atom. The molecule has 98 valence electrons. The van der Waals surface area contributed by atoms with E-state index in [2.05, 4.69) is 20.7 Å². The molecule has 0 fully saturated rings. The lowest BCUT2D eigenvalue weighted by Crippen LogP contribution is -2.39. The quantitative estimate of drug-likeness (QED) is 0.818. The van der Waals surface area contributed by atoms with Crippen LogP contribution in [0.25, 0.3) is 0 Å². The molecule has 1 unspecified atom stereocenters. The van der Waals surface area contributed by atoms with Crippen LogP contribution in [-0.2, 0) is 10.0 Å². The Morgan fingerprint density at radius 1 is 1.53 bits per heavy atom. The smallest absolute Gasteiger partial charge is 0.206 e. The Balaban J connectivity index is 2.96. The summed E-state index contributed by atoms with van der Waals surface area (Å²) in [6, 6.07) is 1.47. The van der Waals surface area contributed by atoms with Crippen molar-refractivity contribution < 1.29 is 8.42 Å². The van der Waals surface area contributed by atoms with Gasteiger partial charge in [-0.05, 0) is 24.5 Å². The van der Waals surface area contributed by atoms with Gasteiger partial charge in [0.15, 0.2) is 0 Å². The highest BCUT2D eigenvalue weighted by molar-refractivity contribution is 9.09. The summed E-state index contributed by atoms with van der Waals surface area (Å²) in [5, 5.41) is 0.585. The summed E-state index contributed by atoms with van der Waals surface area (Å²) in [4.78, 5) is 0. The average molecular weight is 361 g/mol. The van der Waals surface area contributed by atoms with E-state index < -0.39 is 10.0 Å². The second-order valence-electron chi connectivity index (χ2n) is 4.15. The normalized spacial score (nSPS) is 14.2. The van der Waals surface area contributed by atoms with Gasteiger partial charge in [-0.25, -0.2) is 13.1 Å². The molecule has 0 aliphatic heterocycles. The topological polar surface area (TPSA) is 46.2 Å². The Bertz CT molecular complexity index is 465. The van der Waals surface area contributed by atoms with Crippen LogP contribution in [0.4, 0.5) is 0 Å². The summed E-state index contributed by atoms with van der Waals surface area (Å²) in [6.07, 6.45) is 0. The van der Waals surface area contributed by atoms with Gasteiger partial charge in [-0.2, -0.15) is 0 Å². The van der Waals surface area contributed by atoms with E-state index in [0.717, 1.165) is 16.9 Å². The molecule has 0 spiro atoms. The van der Waals surface area contributed by atoms with E-state index in [1.807, 2.05) is 13.8 Å². The zero-order valence-electron chi connectivity index (χ0n) is 9.83. The molecule has 1 atom stereocenters. The lowest BCUT2D eigenvalue weighted by molar-refractivity contribution is 0.484. The maximum Gasteiger partial charge on any atom is 0.250 e. The molecule has 0 bridgehead atoms. The van der Waals surface area contributed by atoms with Crippen molar-refractivity contribution in [3.63, 3.8) is 0 Å². The molecule has 3 nitrogen and oxygen atoms in total. The molecule has 1 aromatic heterocycles. The average Bonchev–Trinajstić information content (AvgIpc) is 2.56. The van der Waals surface area contributed by atoms with Crippen LogP contribution in [0, 0.1) is 12.8 Å². The summed E-state index contributed by atoms with van der Waals surface area (Å²) < 4.78 is 27.6. The van der Waals surface area contributed by atoms with Gasteiger partial charge in [0, 0.05) is 11.4 Å². The van der Waals surface area contributed by atoms with Crippen LogP contribution in [0.3, 0.4) is 0 Å². The van der Waals surface area contributed by atoms with Crippen LogP contribution in [0.15, 0.2) is 10.3 Å². The van der Waals surface area contributed by atoms with Crippen molar-refractivity contribution >= 4 is 48.9 Å². The molecule has 0 aliphatic rings. The van der Waals surface area contributed by atoms with Gasteiger partial charge in [-0.1, -0.05) is 41.4 Å². The lowest BCUT2D eigenvalue weighted by atomic mass is 10.1. The molecule has 7 heteroatoms. The molecule has 1 aromatic rings. The van der Waals surface area contributed by atoms with E-state index in [4.69, 9.17) is 11.6 Å². The van der Waals surface area contributed by atoms with Gasteiger partial charge in [-0.3, -0.25) is 0 Å². The molecular weight excluding hydrogens is 346 g/mol. The van der Waals surface area contributed by atoms with E-state index >= 15 is 0 Å². The number of hydrogen-bond donors (Lipinski definition) is 1. The SMILES string of the molecule is Cc1cc(S(=O)(=O)NC(CBr)C(C)C)sc1Cl. The number of aryl methyl sites for hydroxylation is 1. The third kappa shape index (κ3) is 3.92. The van der Waals surface area contributed by atoms with Gasteiger partial charge >= 0.3 is 0 Å². The predicted octanol–water partition coefficient (Wildman–Crippen LogP) is 3.41. The number of hydrogen-bond acceptors (Lipinski definition) is 3. The largest absolute Gasteiger partial charge is 0.250 e. The van der Waals surface area contributed by atoms with E-state index in [0.29, 0.717) is 9.67 Å². The van der Waals surface area contributed by atoms with Gasteiger partial charge in [0.2, 0.25) is 10.0 Å². The first-order chi connectivity index (χ1) is 7.77. The second-order valence-corrected chi connectivity index (χ2v) is 8.39. The molecule has 0 radical (unpaired) electrons. The molecule has 1 heterocycles. The van der Waals surface area contributed by atoms with E-state index in [9.17, 15) is 8.42 Å². The van der Waals surface area contributed by atoms with E-state index in [1.165, 1.54) is 0 Å². The molecule has 0 aliphatic carbocycles. The van der Waals surface area contributed by atoms with Gasteiger partial charge in [-0.15, -0.1) is 11.3 Å². The summed E-state index contributed by atoms with van der Waals surface area (Å²) in [5.74, 6) is 0.223. The number of rotatable bonds is 5. The van der Waals surface area contributed by atoms with E-state index in [1.54, 1.807) is 13.0 Å². The minimum absolute atomic E-state index is 0.124. The fourth-order valence-electron chi connectivity index (χ4n) is 1.17. The lowest BCUT2D eigenvalue weighted by Gasteiger charge is -2.19. The number of nitrogens with one attached hydrogen (secondary N) is 1. The monoisotopic (exact) mass is 359 g/mol. The summed E-state index contributed by atoms with van der Waals surface area (Å²) in [6.45, 7) is 5.74. The van der Waals surface area contributed by atoms with Crippen LogP contribution in [0.1, 0.15) is 19.4 Å². The summed E-state index contributed by atoms with van der Waals surface area (Å²) >= 11 is 10.3. The predicted molar refractivity (Wildman–Crippen MR) is 76.8 cm³/mol. The zero-order chi connectivity index (χ0) is 13.2. The van der Waals surface area contributed by atoms with Crippen molar-refractivity contribution in [3.8, 4) is 0 Å². The molecule has 0 saturated heterocycles. The molecule has 1 rings (SSSR count). The number of halogens is 2. The van der Waals surface area contributed by atoms with Crippen LogP contribution >= 0.6 is 38.9 Å². The Hall–Kier alpha value is 0.380. The zero-order valence-corrected chi connectivity index (χ0v) is 13.8. The van der Waals surface area contributed by atoms with Crippen molar-refractivity contribution in [1.82, 2.24) is 4.72 Å². The first kappa shape index (κ1) is 15.4. The molecule has 1 N–H and O–H groups in total. The van der Waals surface area contributed by atoms with Crippen molar-refractivity contribution in [3.05, 3.63) is 16.0 Å². The standard InChI is InChI=1S/C10H15BrClNO2S2/c1-6(2)8(5-11)13-17(14,15)9-4-7(3)10(12)16-9/h4,6,8,13H,5H2,1-3H3. The van der Waals surface area contributed by atoms with Gasteiger partial charge in [0.05, 0.1) is 4.34 Å². The Morgan fingerprint density at radius 2 is 2.12 bits per heavy atom. The first-order valence-corrected chi connectivity index (χ1v) is 8.92. The van der Waals surface area contributed by atoms with Crippen molar-refractivity contribution in [2.75, 3.05) is 5.33 Å². The van der Waals surface area contributed by atoms with Crippen LogP contribution < -0.4 is 4.72 Å². The highest BCUT2D eigenvalue weighted by Crippen LogP contribution is 2.30. The highest BCUT2D eigenvalue weighted by atomic mass is 79.9. The molecule has 0 aromatic carbocycles. The summed E-state index contributed by atoms with van der Waals surface area (Å²) in [7, 11) is -3.46. The minimum atomic E-state index is -3.46. The summed E-state index contributed by atoms with van der Waals surface area (Å²) in [5.41, 5.74) is 0.789. The molecule has 0 amide bonds. The minimum Gasteiger partial charge on any atom is -0.206 e.